The summed E-state index contributed by atoms with van der Waals surface area (Å²) in [7, 11) is 0. The Morgan fingerprint density at radius 3 is 2.88 bits per heavy atom. The quantitative estimate of drug-likeness (QED) is 0.860. The van der Waals surface area contributed by atoms with Gasteiger partial charge in [0.05, 0.1) is 24.2 Å². The van der Waals surface area contributed by atoms with Gasteiger partial charge in [0.2, 0.25) is 0 Å². The van der Waals surface area contributed by atoms with E-state index in [0.717, 1.165) is 12.8 Å². The number of aromatic nitrogens is 1. The van der Waals surface area contributed by atoms with Crippen LogP contribution in [0.2, 0.25) is 5.02 Å². The van der Waals surface area contributed by atoms with Crippen molar-refractivity contribution >= 4 is 17.6 Å². The molecule has 1 N–H and O–H groups in total. The second kappa shape index (κ2) is 4.29. The number of carboxylic acid groups (broad SMARTS) is 1. The lowest BCUT2D eigenvalue weighted by molar-refractivity contribution is -0.138. The Hall–Kier alpha value is -1.29. The lowest BCUT2D eigenvalue weighted by atomic mass is 10.0. The summed E-state index contributed by atoms with van der Waals surface area (Å²) in [6.45, 7) is 0.418. The summed E-state index contributed by atoms with van der Waals surface area (Å²) in [5, 5.41) is 9.26. The summed E-state index contributed by atoms with van der Waals surface area (Å²) in [6.07, 6.45) is 5.09. The maximum atomic E-state index is 10.6. The van der Waals surface area contributed by atoms with E-state index in [4.69, 9.17) is 21.4 Å². The Kier molecular flexibility index (Phi) is 3.01. The molecule has 0 saturated heterocycles. The first-order valence-corrected chi connectivity index (χ1v) is 5.43. The van der Waals surface area contributed by atoms with Gasteiger partial charge in [0.1, 0.15) is 5.75 Å². The lowest BCUT2D eigenvalue weighted by Gasteiger charge is -2.13. The van der Waals surface area contributed by atoms with Gasteiger partial charge in [-0.25, -0.2) is 0 Å². The van der Waals surface area contributed by atoms with Crippen molar-refractivity contribution in [3.63, 3.8) is 0 Å². The highest BCUT2D eigenvalue weighted by molar-refractivity contribution is 6.30. The molecule has 86 valence electrons. The molecule has 1 aromatic rings. The van der Waals surface area contributed by atoms with Crippen molar-refractivity contribution in [3.05, 3.63) is 23.5 Å². The zero-order valence-corrected chi connectivity index (χ0v) is 9.41. The standard InChI is InChI=1S/C11H12ClNO3/c12-8-3-9(6-13-5-8)16-7-11(1-2-11)4-10(14)15/h3,5-6H,1-2,4,7H2,(H,14,15). The minimum Gasteiger partial charge on any atom is -0.491 e. The molecular formula is C11H12ClNO3. The van der Waals surface area contributed by atoms with Crippen molar-refractivity contribution in [3.8, 4) is 5.75 Å². The average Bonchev–Trinajstić information content (AvgIpc) is 2.95. The molecule has 1 heterocycles. The lowest BCUT2D eigenvalue weighted by Crippen LogP contribution is -2.17. The van der Waals surface area contributed by atoms with Crippen LogP contribution >= 0.6 is 11.6 Å². The molecule has 2 rings (SSSR count). The molecule has 0 unspecified atom stereocenters. The van der Waals surface area contributed by atoms with E-state index in [2.05, 4.69) is 4.98 Å². The Balaban J connectivity index is 1.90. The predicted molar refractivity (Wildman–Crippen MR) is 58.7 cm³/mol. The van der Waals surface area contributed by atoms with Gasteiger partial charge in [-0.3, -0.25) is 9.78 Å². The van der Waals surface area contributed by atoms with Gasteiger partial charge in [0, 0.05) is 17.7 Å². The number of pyridine rings is 1. The van der Waals surface area contributed by atoms with Crippen molar-refractivity contribution in [1.82, 2.24) is 4.98 Å². The predicted octanol–water partition coefficient (Wildman–Crippen LogP) is 2.37. The highest BCUT2D eigenvalue weighted by atomic mass is 35.5. The second-order valence-corrected chi connectivity index (χ2v) is 4.63. The third-order valence-corrected chi connectivity index (χ3v) is 2.91. The molecule has 1 fully saturated rings. The zero-order valence-electron chi connectivity index (χ0n) is 8.65. The fraction of sp³-hybridized carbons (Fsp3) is 0.455. The smallest absolute Gasteiger partial charge is 0.304 e. The first-order valence-electron chi connectivity index (χ1n) is 5.05. The van der Waals surface area contributed by atoms with E-state index in [9.17, 15) is 4.79 Å². The van der Waals surface area contributed by atoms with Crippen molar-refractivity contribution < 1.29 is 14.6 Å². The van der Waals surface area contributed by atoms with Gasteiger partial charge in [-0.15, -0.1) is 0 Å². The van der Waals surface area contributed by atoms with Crippen LogP contribution in [0.3, 0.4) is 0 Å². The first-order chi connectivity index (χ1) is 7.60. The van der Waals surface area contributed by atoms with Gasteiger partial charge in [-0.2, -0.15) is 0 Å². The Labute approximate surface area is 98.2 Å². The summed E-state index contributed by atoms with van der Waals surface area (Å²) < 4.78 is 5.50. The van der Waals surface area contributed by atoms with E-state index in [0.29, 0.717) is 17.4 Å². The summed E-state index contributed by atoms with van der Waals surface area (Å²) in [5.74, 6) is -0.186. The van der Waals surface area contributed by atoms with Crippen LogP contribution in [-0.2, 0) is 4.79 Å². The molecule has 0 aromatic carbocycles. The molecule has 5 heteroatoms. The average molecular weight is 242 g/mol. The van der Waals surface area contributed by atoms with Crippen LogP contribution in [0.15, 0.2) is 18.5 Å². The zero-order chi connectivity index (χ0) is 11.6. The van der Waals surface area contributed by atoms with Crippen LogP contribution < -0.4 is 4.74 Å². The summed E-state index contributed by atoms with van der Waals surface area (Å²) >= 11 is 5.76. The van der Waals surface area contributed by atoms with E-state index >= 15 is 0 Å². The largest absolute Gasteiger partial charge is 0.491 e. The van der Waals surface area contributed by atoms with Gasteiger partial charge in [0.25, 0.3) is 0 Å². The van der Waals surface area contributed by atoms with E-state index in [1.165, 1.54) is 6.20 Å². The maximum Gasteiger partial charge on any atom is 0.304 e. The number of aliphatic carboxylic acids is 1. The van der Waals surface area contributed by atoms with E-state index in [1.807, 2.05) is 0 Å². The van der Waals surface area contributed by atoms with Gasteiger partial charge in [0.15, 0.2) is 0 Å². The van der Waals surface area contributed by atoms with Crippen molar-refractivity contribution in [2.75, 3.05) is 6.61 Å². The minimum absolute atomic E-state index is 0.168. The Morgan fingerprint density at radius 1 is 1.56 bits per heavy atom. The molecule has 0 radical (unpaired) electrons. The minimum atomic E-state index is -0.773. The van der Waals surface area contributed by atoms with Crippen molar-refractivity contribution in [2.24, 2.45) is 5.41 Å². The highest BCUT2D eigenvalue weighted by Gasteiger charge is 2.45. The van der Waals surface area contributed by atoms with E-state index in [1.54, 1.807) is 12.3 Å². The number of hydrogen-bond donors (Lipinski definition) is 1. The van der Waals surface area contributed by atoms with Crippen LogP contribution in [0.4, 0.5) is 0 Å². The van der Waals surface area contributed by atoms with Crippen LogP contribution in [0, 0.1) is 5.41 Å². The Morgan fingerprint density at radius 2 is 2.31 bits per heavy atom. The monoisotopic (exact) mass is 241 g/mol. The van der Waals surface area contributed by atoms with Crippen molar-refractivity contribution in [1.29, 1.82) is 0 Å². The SMILES string of the molecule is O=C(O)CC1(COc2cncc(Cl)c2)CC1. The molecule has 0 amide bonds. The highest BCUT2D eigenvalue weighted by Crippen LogP contribution is 2.48. The molecule has 0 aliphatic heterocycles. The summed E-state index contributed by atoms with van der Waals surface area (Å²) in [6, 6.07) is 1.67. The number of rotatable bonds is 5. The molecular weight excluding hydrogens is 230 g/mol. The maximum absolute atomic E-state index is 10.6. The number of carbonyl (C=O) groups is 1. The van der Waals surface area contributed by atoms with Crippen LogP contribution in [0.25, 0.3) is 0 Å². The number of ether oxygens (including phenoxy) is 1. The topological polar surface area (TPSA) is 59.4 Å². The summed E-state index contributed by atoms with van der Waals surface area (Å²) in [5.41, 5.74) is -0.172. The van der Waals surface area contributed by atoms with Gasteiger partial charge >= 0.3 is 5.97 Å². The Bertz CT molecular complexity index is 404. The second-order valence-electron chi connectivity index (χ2n) is 4.20. The molecule has 0 atom stereocenters. The fourth-order valence-electron chi connectivity index (χ4n) is 1.58. The summed E-state index contributed by atoms with van der Waals surface area (Å²) in [4.78, 5) is 14.5. The van der Waals surface area contributed by atoms with Crippen LogP contribution in [-0.4, -0.2) is 22.7 Å². The van der Waals surface area contributed by atoms with Crippen LogP contribution in [0.1, 0.15) is 19.3 Å². The molecule has 0 spiro atoms. The molecule has 0 bridgehead atoms. The molecule has 1 saturated carbocycles. The molecule has 1 aromatic heterocycles. The van der Waals surface area contributed by atoms with Gasteiger partial charge in [-0.1, -0.05) is 11.6 Å². The molecule has 4 nitrogen and oxygen atoms in total. The first kappa shape index (κ1) is 11.2. The fourth-order valence-corrected chi connectivity index (χ4v) is 1.74. The molecule has 1 aliphatic carbocycles. The van der Waals surface area contributed by atoms with Gasteiger partial charge < -0.3 is 9.84 Å². The third kappa shape index (κ3) is 2.85. The number of hydrogen-bond acceptors (Lipinski definition) is 3. The van der Waals surface area contributed by atoms with Crippen LogP contribution in [0.5, 0.6) is 5.75 Å². The molecule has 16 heavy (non-hydrogen) atoms. The van der Waals surface area contributed by atoms with Crippen molar-refractivity contribution in [2.45, 2.75) is 19.3 Å². The molecule has 1 aliphatic rings. The van der Waals surface area contributed by atoms with Gasteiger partial charge in [-0.05, 0) is 12.8 Å². The van der Waals surface area contributed by atoms with E-state index in [-0.39, 0.29) is 11.8 Å². The number of carboxylic acids is 1. The normalized spacial score (nSPS) is 16.8. The number of halogens is 1. The third-order valence-electron chi connectivity index (χ3n) is 2.71. The van der Waals surface area contributed by atoms with E-state index < -0.39 is 5.97 Å². The number of nitrogens with zero attached hydrogens (tertiary/aromatic N) is 1.